The maximum atomic E-state index is 12.7. The standard InChI is InChI=1S/C17H23N3O4/c18-14(22)9-17(8-4-7-12-5-2-1-3-6-12)13(21)10-20(16(17)24)11-15(19)23/h1-3,5-6,13,21H,4,7-11H2,(H2,18,22)(H2,19,23). The number of amides is 3. The highest BCUT2D eigenvalue weighted by atomic mass is 16.3. The molecule has 0 spiro atoms. The van der Waals surface area contributed by atoms with Crippen molar-refractivity contribution in [3.63, 3.8) is 0 Å². The molecular weight excluding hydrogens is 310 g/mol. The average molecular weight is 333 g/mol. The van der Waals surface area contributed by atoms with Gasteiger partial charge >= 0.3 is 0 Å². The topological polar surface area (TPSA) is 127 Å². The third kappa shape index (κ3) is 3.91. The number of benzene rings is 1. The number of aliphatic hydroxyl groups is 1. The van der Waals surface area contributed by atoms with Crippen LogP contribution in [0.5, 0.6) is 0 Å². The first-order chi connectivity index (χ1) is 11.3. The van der Waals surface area contributed by atoms with E-state index < -0.39 is 29.2 Å². The lowest BCUT2D eigenvalue weighted by molar-refractivity contribution is -0.143. The summed E-state index contributed by atoms with van der Waals surface area (Å²) < 4.78 is 0. The second-order valence-corrected chi connectivity index (χ2v) is 6.31. The molecule has 0 radical (unpaired) electrons. The predicted octanol–water partition coefficient (Wildman–Crippen LogP) is -0.440. The van der Waals surface area contributed by atoms with Gasteiger partial charge in [-0.25, -0.2) is 0 Å². The fraction of sp³-hybridized carbons (Fsp3) is 0.471. The van der Waals surface area contributed by atoms with Crippen molar-refractivity contribution in [2.75, 3.05) is 13.1 Å². The van der Waals surface area contributed by atoms with E-state index in [2.05, 4.69) is 0 Å². The molecule has 1 heterocycles. The smallest absolute Gasteiger partial charge is 0.237 e. The summed E-state index contributed by atoms with van der Waals surface area (Å²) in [5.41, 5.74) is 10.3. The molecule has 1 aliphatic rings. The van der Waals surface area contributed by atoms with Gasteiger partial charge in [-0.1, -0.05) is 30.3 Å². The lowest BCUT2D eigenvalue weighted by Gasteiger charge is -2.29. The predicted molar refractivity (Wildman–Crippen MR) is 87.4 cm³/mol. The number of primary amides is 2. The van der Waals surface area contributed by atoms with Crippen LogP contribution in [-0.4, -0.2) is 46.9 Å². The molecule has 0 saturated carbocycles. The van der Waals surface area contributed by atoms with Crippen LogP contribution in [0.3, 0.4) is 0 Å². The van der Waals surface area contributed by atoms with E-state index >= 15 is 0 Å². The molecule has 0 bridgehead atoms. The van der Waals surface area contributed by atoms with Gasteiger partial charge in [-0.2, -0.15) is 0 Å². The summed E-state index contributed by atoms with van der Waals surface area (Å²) in [5.74, 6) is -1.74. The molecule has 1 saturated heterocycles. The van der Waals surface area contributed by atoms with Crippen molar-refractivity contribution >= 4 is 17.7 Å². The van der Waals surface area contributed by atoms with E-state index in [0.717, 1.165) is 12.0 Å². The number of β-amino-alcohol motifs (C(OH)–C–C–N with tert-alkyl or cyclic N) is 1. The largest absolute Gasteiger partial charge is 0.390 e. The van der Waals surface area contributed by atoms with Gasteiger partial charge < -0.3 is 21.5 Å². The Morgan fingerprint density at radius 3 is 2.46 bits per heavy atom. The van der Waals surface area contributed by atoms with Crippen LogP contribution >= 0.6 is 0 Å². The molecule has 7 heteroatoms. The Morgan fingerprint density at radius 2 is 1.88 bits per heavy atom. The van der Waals surface area contributed by atoms with E-state index in [1.165, 1.54) is 4.90 Å². The number of hydrogen-bond acceptors (Lipinski definition) is 4. The Kier molecular flexibility index (Phi) is 5.56. The third-order valence-corrected chi connectivity index (χ3v) is 4.51. The van der Waals surface area contributed by atoms with E-state index in [4.69, 9.17) is 11.5 Å². The molecule has 5 N–H and O–H groups in total. The molecule has 1 fully saturated rings. The zero-order chi connectivity index (χ0) is 17.7. The Hall–Kier alpha value is -2.41. The molecular formula is C17H23N3O4. The third-order valence-electron chi connectivity index (χ3n) is 4.51. The van der Waals surface area contributed by atoms with Crippen LogP contribution in [0, 0.1) is 5.41 Å². The second-order valence-electron chi connectivity index (χ2n) is 6.31. The fourth-order valence-electron chi connectivity index (χ4n) is 3.37. The maximum absolute atomic E-state index is 12.7. The molecule has 1 aromatic carbocycles. The zero-order valence-electron chi connectivity index (χ0n) is 13.5. The maximum Gasteiger partial charge on any atom is 0.237 e. The molecule has 2 rings (SSSR count). The van der Waals surface area contributed by atoms with Gasteiger partial charge in [0.25, 0.3) is 0 Å². The number of rotatable bonds is 8. The minimum absolute atomic E-state index is 0.0135. The summed E-state index contributed by atoms with van der Waals surface area (Å²) in [6.45, 7) is -0.282. The van der Waals surface area contributed by atoms with Crippen molar-refractivity contribution in [2.45, 2.75) is 31.8 Å². The van der Waals surface area contributed by atoms with Crippen molar-refractivity contribution in [1.82, 2.24) is 4.90 Å². The van der Waals surface area contributed by atoms with Crippen molar-refractivity contribution in [2.24, 2.45) is 16.9 Å². The number of carbonyl (C=O) groups excluding carboxylic acids is 3. The summed E-state index contributed by atoms with van der Waals surface area (Å²) in [5, 5.41) is 10.4. The Bertz CT molecular complexity index is 620. The zero-order valence-corrected chi connectivity index (χ0v) is 13.5. The first-order valence-corrected chi connectivity index (χ1v) is 7.93. The van der Waals surface area contributed by atoms with Crippen LogP contribution in [0.1, 0.15) is 24.8 Å². The number of aryl methyl sites for hydroxylation is 1. The van der Waals surface area contributed by atoms with Crippen molar-refractivity contribution < 1.29 is 19.5 Å². The van der Waals surface area contributed by atoms with Crippen LogP contribution in [0.4, 0.5) is 0 Å². The van der Waals surface area contributed by atoms with E-state index in [0.29, 0.717) is 12.8 Å². The molecule has 1 aromatic rings. The molecule has 1 aliphatic heterocycles. The molecule has 7 nitrogen and oxygen atoms in total. The number of nitrogens with zero attached hydrogens (tertiary/aromatic N) is 1. The van der Waals surface area contributed by atoms with Gasteiger partial charge in [-0.15, -0.1) is 0 Å². The van der Waals surface area contributed by atoms with Crippen LogP contribution in [0.25, 0.3) is 0 Å². The number of nitrogens with two attached hydrogens (primary N) is 2. The normalized spacial score (nSPS) is 23.5. The molecule has 0 aliphatic carbocycles. The fourth-order valence-corrected chi connectivity index (χ4v) is 3.37. The van der Waals surface area contributed by atoms with Gasteiger partial charge in [0, 0.05) is 13.0 Å². The highest BCUT2D eigenvalue weighted by Crippen LogP contribution is 2.40. The van der Waals surface area contributed by atoms with Crippen LogP contribution in [0.15, 0.2) is 30.3 Å². The van der Waals surface area contributed by atoms with E-state index in [1.807, 2.05) is 30.3 Å². The molecule has 2 atom stereocenters. The van der Waals surface area contributed by atoms with Crippen LogP contribution < -0.4 is 11.5 Å². The highest BCUT2D eigenvalue weighted by Gasteiger charge is 2.53. The molecule has 0 aromatic heterocycles. The summed E-state index contributed by atoms with van der Waals surface area (Å²) in [4.78, 5) is 36.5. The monoisotopic (exact) mass is 333 g/mol. The summed E-state index contributed by atoms with van der Waals surface area (Å²) in [7, 11) is 0. The van der Waals surface area contributed by atoms with Crippen LogP contribution in [-0.2, 0) is 20.8 Å². The first kappa shape index (κ1) is 17.9. The minimum atomic E-state index is -1.27. The minimum Gasteiger partial charge on any atom is -0.390 e. The highest BCUT2D eigenvalue weighted by molar-refractivity contribution is 5.93. The number of aliphatic hydroxyl groups excluding tert-OH is 1. The lowest BCUT2D eigenvalue weighted by atomic mass is 9.75. The molecule has 24 heavy (non-hydrogen) atoms. The van der Waals surface area contributed by atoms with E-state index in [1.54, 1.807) is 0 Å². The molecule has 3 amide bonds. The summed E-state index contributed by atoms with van der Waals surface area (Å²) in [6.07, 6.45) is 0.367. The lowest BCUT2D eigenvalue weighted by Crippen LogP contribution is -2.43. The Labute approximate surface area is 140 Å². The van der Waals surface area contributed by atoms with Crippen molar-refractivity contribution in [3.05, 3.63) is 35.9 Å². The van der Waals surface area contributed by atoms with Gasteiger partial charge in [0.2, 0.25) is 17.7 Å². The van der Waals surface area contributed by atoms with E-state index in [-0.39, 0.29) is 19.5 Å². The average Bonchev–Trinajstić information content (AvgIpc) is 2.72. The Balaban J connectivity index is 2.12. The van der Waals surface area contributed by atoms with Gasteiger partial charge in [-0.05, 0) is 24.8 Å². The number of carbonyl (C=O) groups is 3. The van der Waals surface area contributed by atoms with Crippen molar-refractivity contribution in [1.29, 1.82) is 0 Å². The number of hydrogen-bond donors (Lipinski definition) is 3. The summed E-state index contributed by atoms with van der Waals surface area (Å²) in [6, 6.07) is 9.74. The quantitative estimate of drug-likeness (QED) is 0.596. The molecule has 130 valence electrons. The SMILES string of the molecule is NC(=O)CN1CC(O)C(CCCc2ccccc2)(CC(N)=O)C1=O. The van der Waals surface area contributed by atoms with Crippen LogP contribution in [0.2, 0.25) is 0 Å². The second kappa shape index (κ2) is 7.44. The van der Waals surface area contributed by atoms with Gasteiger partial charge in [-0.3, -0.25) is 14.4 Å². The number of likely N-dealkylation sites (tertiary alicyclic amines) is 1. The van der Waals surface area contributed by atoms with E-state index in [9.17, 15) is 19.5 Å². The van der Waals surface area contributed by atoms with Gasteiger partial charge in [0.1, 0.15) is 0 Å². The molecule has 2 unspecified atom stereocenters. The summed E-state index contributed by atoms with van der Waals surface area (Å²) >= 11 is 0. The first-order valence-electron chi connectivity index (χ1n) is 7.93. The van der Waals surface area contributed by atoms with Crippen molar-refractivity contribution in [3.8, 4) is 0 Å². The van der Waals surface area contributed by atoms with Gasteiger partial charge in [0.15, 0.2) is 0 Å². The van der Waals surface area contributed by atoms with Gasteiger partial charge in [0.05, 0.1) is 18.1 Å². The Morgan fingerprint density at radius 1 is 1.21 bits per heavy atom.